The van der Waals surface area contributed by atoms with E-state index in [1.807, 2.05) is 30.3 Å². The minimum atomic E-state index is -0.835. The molecule has 4 nitrogen and oxygen atoms in total. The largest absolute Gasteiger partial charge is 0.387 e. The number of ether oxygens (including phenoxy) is 1. The van der Waals surface area contributed by atoms with Crippen LogP contribution in [-0.4, -0.2) is 42.2 Å². The van der Waals surface area contributed by atoms with Gasteiger partial charge in [-0.1, -0.05) is 30.3 Å². The predicted octanol–water partition coefficient (Wildman–Crippen LogP) is 1.61. The summed E-state index contributed by atoms with van der Waals surface area (Å²) >= 11 is 0. The fourth-order valence-corrected chi connectivity index (χ4v) is 2.34. The normalized spacial score (nSPS) is 18.2. The number of benzene rings is 1. The molecule has 1 saturated heterocycles. The molecule has 0 saturated carbocycles. The van der Waals surface area contributed by atoms with Crippen molar-refractivity contribution in [1.29, 1.82) is 0 Å². The van der Waals surface area contributed by atoms with E-state index in [0.29, 0.717) is 26.3 Å². The third-order valence-electron chi connectivity index (χ3n) is 3.65. The Morgan fingerprint density at radius 1 is 1.26 bits per heavy atom. The Hall–Kier alpha value is -1.39. The fraction of sp³-hybridized carbons (Fsp3) is 0.533. The van der Waals surface area contributed by atoms with Gasteiger partial charge < -0.3 is 14.7 Å². The number of carbonyl (C=O) groups excluding carboxylic acids is 1. The van der Waals surface area contributed by atoms with Crippen LogP contribution in [0.5, 0.6) is 0 Å². The second kappa shape index (κ2) is 5.72. The monoisotopic (exact) mass is 263 g/mol. The molecule has 19 heavy (non-hydrogen) atoms. The Morgan fingerprint density at radius 3 is 2.42 bits per heavy atom. The Bertz CT molecular complexity index is 424. The Kier molecular flexibility index (Phi) is 4.22. The predicted molar refractivity (Wildman–Crippen MR) is 72.6 cm³/mol. The summed E-state index contributed by atoms with van der Waals surface area (Å²) in [5.74, 6) is -0.0212. The van der Waals surface area contributed by atoms with Crippen LogP contribution >= 0.6 is 0 Å². The molecule has 1 heterocycles. The minimum absolute atomic E-state index is 0.0212. The molecule has 0 spiro atoms. The Labute approximate surface area is 114 Å². The third-order valence-corrected chi connectivity index (χ3v) is 3.65. The summed E-state index contributed by atoms with van der Waals surface area (Å²) in [5.41, 5.74) is -0.0623. The average Bonchev–Trinajstić information content (AvgIpc) is 2.47. The summed E-state index contributed by atoms with van der Waals surface area (Å²) in [7, 11) is 0. The van der Waals surface area contributed by atoms with E-state index in [1.165, 1.54) is 0 Å². The zero-order valence-electron chi connectivity index (χ0n) is 11.5. The molecule has 0 bridgehead atoms. The molecule has 1 aromatic rings. The fourth-order valence-electron chi connectivity index (χ4n) is 2.34. The van der Waals surface area contributed by atoms with Gasteiger partial charge in [-0.05, 0) is 19.4 Å². The van der Waals surface area contributed by atoms with Crippen LogP contribution in [0, 0.1) is 5.41 Å². The number of hydrogen-bond acceptors (Lipinski definition) is 3. The minimum Gasteiger partial charge on any atom is -0.387 e. The SMILES string of the molecule is CC(C)(C(=O)N1CCOCC1)C(O)c1ccccc1. The van der Waals surface area contributed by atoms with Gasteiger partial charge in [0, 0.05) is 13.1 Å². The second-order valence-corrected chi connectivity index (χ2v) is 5.44. The molecule has 0 aromatic heterocycles. The molecule has 0 radical (unpaired) electrons. The van der Waals surface area contributed by atoms with Gasteiger partial charge in [0.05, 0.1) is 24.7 Å². The summed E-state index contributed by atoms with van der Waals surface area (Å²) in [4.78, 5) is 14.3. The highest BCUT2D eigenvalue weighted by atomic mass is 16.5. The second-order valence-electron chi connectivity index (χ2n) is 5.44. The Balaban J connectivity index is 2.14. The van der Waals surface area contributed by atoms with Crippen LogP contribution in [0.1, 0.15) is 25.5 Å². The van der Waals surface area contributed by atoms with Gasteiger partial charge in [0.2, 0.25) is 5.91 Å². The molecule has 1 unspecified atom stereocenters. The van der Waals surface area contributed by atoms with Crippen molar-refractivity contribution in [3.63, 3.8) is 0 Å². The zero-order chi connectivity index (χ0) is 13.9. The number of amides is 1. The number of aliphatic hydroxyl groups excluding tert-OH is 1. The van der Waals surface area contributed by atoms with Crippen molar-refractivity contribution < 1.29 is 14.6 Å². The first-order valence-corrected chi connectivity index (χ1v) is 6.63. The Morgan fingerprint density at radius 2 is 1.84 bits per heavy atom. The van der Waals surface area contributed by atoms with Crippen LogP contribution in [0.4, 0.5) is 0 Å². The van der Waals surface area contributed by atoms with Gasteiger partial charge in [0.25, 0.3) is 0 Å². The smallest absolute Gasteiger partial charge is 0.231 e. The van der Waals surface area contributed by atoms with E-state index in [1.54, 1.807) is 18.7 Å². The number of aliphatic hydroxyl groups is 1. The number of nitrogens with zero attached hydrogens (tertiary/aromatic N) is 1. The lowest BCUT2D eigenvalue weighted by Gasteiger charge is -2.37. The van der Waals surface area contributed by atoms with E-state index in [0.717, 1.165) is 5.56 Å². The van der Waals surface area contributed by atoms with E-state index in [9.17, 15) is 9.90 Å². The summed E-state index contributed by atoms with van der Waals surface area (Å²) < 4.78 is 5.25. The number of carbonyl (C=O) groups is 1. The molecule has 1 N–H and O–H groups in total. The van der Waals surface area contributed by atoms with Crippen molar-refractivity contribution >= 4 is 5.91 Å². The van der Waals surface area contributed by atoms with E-state index in [4.69, 9.17) is 4.74 Å². The topological polar surface area (TPSA) is 49.8 Å². The van der Waals surface area contributed by atoms with Gasteiger partial charge in [-0.15, -0.1) is 0 Å². The maximum atomic E-state index is 12.5. The summed E-state index contributed by atoms with van der Waals surface area (Å²) in [6.07, 6.45) is -0.802. The molecule has 1 aliphatic heterocycles. The molecule has 1 aliphatic rings. The quantitative estimate of drug-likeness (QED) is 0.901. The van der Waals surface area contributed by atoms with Crippen molar-refractivity contribution in [1.82, 2.24) is 4.90 Å². The maximum Gasteiger partial charge on any atom is 0.231 e. The van der Waals surface area contributed by atoms with Gasteiger partial charge in [-0.2, -0.15) is 0 Å². The highest BCUT2D eigenvalue weighted by Gasteiger charge is 2.39. The number of hydrogen-bond donors (Lipinski definition) is 1. The highest BCUT2D eigenvalue weighted by Crippen LogP contribution is 2.35. The van der Waals surface area contributed by atoms with E-state index in [-0.39, 0.29) is 5.91 Å². The molecular weight excluding hydrogens is 242 g/mol. The van der Waals surface area contributed by atoms with Crippen LogP contribution in [0.2, 0.25) is 0 Å². The highest BCUT2D eigenvalue weighted by molar-refractivity contribution is 5.83. The lowest BCUT2D eigenvalue weighted by Crippen LogP contribution is -2.48. The summed E-state index contributed by atoms with van der Waals surface area (Å²) in [6, 6.07) is 9.33. The molecular formula is C15H21NO3. The first-order chi connectivity index (χ1) is 9.03. The first-order valence-electron chi connectivity index (χ1n) is 6.63. The van der Waals surface area contributed by atoms with Crippen LogP contribution in [0.15, 0.2) is 30.3 Å². The van der Waals surface area contributed by atoms with Crippen LogP contribution in [0.25, 0.3) is 0 Å². The maximum absolute atomic E-state index is 12.5. The molecule has 0 aliphatic carbocycles. The molecule has 4 heteroatoms. The molecule has 1 amide bonds. The standard InChI is InChI=1S/C15H21NO3/c1-15(2,13(17)12-6-4-3-5-7-12)14(18)16-8-10-19-11-9-16/h3-7,13,17H,8-11H2,1-2H3. The molecule has 1 atom stereocenters. The van der Waals surface area contributed by atoms with E-state index >= 15 is 0 Å². The summed E-state index contributed by atoms with van der Waals surface area (Å²) in [6.45, 7) is 5.94. The van der Waals surface area contributed by atoms with Crippen LogP contribution in [0.3, 0.4) is 0 Å². The molecule has 2 rings (SSSR count). The van der Waals surface area contributed by atoms with Crippen molar-refractivity contribution in [2.24, 2.45) is 5.41 Å². The van der Waals surface area contributed by atoms with Crippen molar-refractivity contribution in [2.45, 2.75) is 20.0 Å². The van der Waals surface area contributed by atoms with E-state index in [2.05, 4.69) is 0 Å². The van der Waals surface area contributed by atoms with Gasteiger partial charge in [-0.25, -0.2) is 0 Å². The van der Waals surface area contributed by atoms with Gasteiger partial charge in [0.15, 0.2) is 0 Å². The lowest BCUT2D eigenvalue weighted by molar-refractivity contribution is -0.151. The molecule has 1 fully saturated rings. The van der Waals surface area contributed by atoms with Crippen molar-refractivity contribution in [3.05, 3.63) is 35.9 Å². The van der Waals surface area contributed by atoms with Crippen molar-refractivity contribution in [3.8, 4) is 0 Å². The molecule has 1 aromatic carbocycles. The zero-order valence-corrected chi connectivity index (χ0v) is 11.5. The van der Waals surface area contributed by atoms with Gasteiger partial charge in [0.1, 0.15) is 0 Å². The average molecular weight is 263 g/mol. The van der Waals surface area contributed by atoms with Crippen LogP contribution in [-0.2, 0) is 9.53 Å². The number of rotatable bonds is 3. The summed E-state index contributed by atoms with van der Waals surface area (Å²) in [5, 5.41) is 10.5. The lowest BCUT2D eigenvalue weighted by atomic mass is 9.81. The third kappa shape index (κ3) is 2.96. The first kappa shape index (κ1) is 14.0. The van der Waals surface area contributed by atoms with Gasteiger partial charge in [-0.3, -0.25) is 4.79 Å². The van der Waals surface area contributed by atoms with Crippen LogP contribution < -0.4 is 0 Å². The number of morpholine rings is 1. The molecule has 104 valence electrons. The van der Waals surface area contributed by atoms with E-state index < -0.39 is 11.5 Å². The van der Waals surface area contributed by atoms with Crippen molar-refractivity contribution in [2.75, 3.05) is 26.3 Å². The van der Waals surface area contributed by atoms with Gasteiger partial charge >= 0.3 is 0 Å².